The summed E-state index contributed by atoms with van der Waals surface area (Å²) in [4.78, 5) is 14.4. The van der Waals surface area contributed by atoms with Crippen LogP contribution in [0.5, 0.6) is 0 Å². The predicted octanol–water partition coefficient (Wildman–Crippen LogP) is 3.26. The molecule has 3 nitrogen and oxygen atoms in total. The van der Waals surface area contributed by atoms with Gasteiger partial charge in [-0.1, -0.05) is 6.07 Å². The monoisotopic (exact) mass is 325 g/mol. The number of carbonyl (C=O) groups excluding carboxylic acids is 1. The molecular formula is C15H20BrNO2. The molecule has 0 bridgehead atoms. The topological polar surface area (TPSA) is 29.5 Å². The van der Waals surface area contributed by atoms with Crippen LogP contribution in [0, 0.1) is 12.8 Å². The number of hydrogen-bond donors (Lipinski definition) is 0. The molecule has 19 heavy (non-hydrogen) atoms. The number of likely N-dealkylation sites (tertiary alicyclic amines) is 1. The van der Waals surface area contributed by atoms with Gasteiger partial charge in [0.05, 0.1) is 5.56 Å². The van der Waals surface area contributed by atoms with Crippen molar-refractivity contribution in [3.8, 4) is 0 Å². The maximum atomic E-state index is 12.5. The van der Waals surface area contributed by atoms with Crippen molar-refractivity contribution in [3.63, 3.8) is 0 Å². The van der Waals surface area contributed by atoms with Crippen molar-refractivity contribution in [2.45, 2.75) is 19.8 Å². The molecule has 0 radical (unpaired) electrons. The van der Waals surface area contributed by atoms with Crippen molar-refractivity contribution < 1.29 is 9.53 Å². The molecule has 1 aromatic rings. The summed E-state index contributed by atoms with van der Waals surface area (Å²) in [6.07, 6.45) is 2.06. The molecule has 2 rings (SSSR count). The van der Waals surface area contributed by atoms with Crippen LogP contribution in [0.15, 0.2) is 22.7 Å². The molecule has 0 aromatic heterocycles. The van der Waals surface area contributed by atoms with E-state index < -0.39 is 0 Å². The molecular weight excluding hydrogens is 306 g/mol. The van der Waals surface area contributed by atoms with Crippen LogP contribution in [0.3, 0.4) is 0 Å². The van der Waals surface area contributed by atoms with Gasteiger partial charge < -0.3 is 9.64 Å². The van der Waals surface area contributed by atoms with Gasteiger partial charge in [-0.3, -0.25) is 4.79 Å². The average molecular weight is 326 g/mol. The first-order valence-electron chi connectivity index (χ1n) is 6.66. The molecule has 1 aliphatic heterocycles. The highest BCUT2D eigenvalue weighted by atomic mass is 79.9. The number of carbonyl (C=O) groups is 1. The maximum Gasteiger partial charge on any atom is 0.254 e. The fourth-order valence-electron chi connectivity index (χ4n) is 2.50. The summed E-state index contributed by atoms with van der Waals surface area (Å²) in [7, 11) is 1.74. The number of rotatable bonds is 3. The molecule has 1 fully saturated rings. The van der Waals surface area contributed by atoms with Crippen LogP contribution in [0.2, 0.25) is 0 Å². The predicted molar refractivity (Wildman–Crippen MR) is 79.4 cm³/mol. The second kappa shape index (κ2) is 6.53. The second-order valence-electron chi connectivity index (χ2n) is 5.17. The molecule has 1 aliphatic rings. The molecule has 0 saturated carbocycles. The van der Waals surface area contributed by atoms with E-state index in [-0.39, 0.29) is 5.91 Å². The molecule has 0 spiro atoms. The zero-order valence-corrected chi connectivity index (χ0v) is 13.1. The Morgan fingerprint density at radius 1 is 1.42 bits per heavy atom. The molecule has 0 atom stereocenters. The number of ether oxygens (including phenoxy) is 1. The van der Waals surface area contributed by atoms with E-state index in [9.17, 15) is 4.79 Å². The number of nitrogens with zero attached hydrogens (tertiary/aromatic N) is 1. The van der Waals surface area contributed by atoms with Gasteiger partial charge in [0.25, 0.3) is 5.91 Å². The number of halogens is 1. The molecule has 1 amide bonds. The van der Waals surface area contributed by atoms with Gasteiger partial charge in [-0.05, 0) is 59.3 Å². The average Bonchev–Trinajstić information content (AvgIpc) is 2.39. The van der Waals surface area contributed by atoms with E-state index in [0.717, 1.165) is 48.1 Å². The van der Waals surface area contributed by atoms with Crippen molar-refractivity contribution >= 4 is 21.8 Å². The van der Waals surface area contributed by atoms with Crippen LogP contribution >= 0.6 is 15.9 Å². The van der Waals surface area contributed by atoms with Crippen LogP contribution in [-0.2, 0) is 4.74 Å². The number of hydrogen-bond acceptors (Lipinski definition) is 2. The molecule has 0 unspecified atom stereocenters. The summed E-state index contributed by atoms with van der Waals surface area (Å²) in [5.74, 6) is 0.721. The second-order valence-corrected chi connectivity index (χ2v) is 6.03. The normalized spacial score (nSPS) is 16.7. The molecule has 0 N–H and O–H groups in total. The number of methoxy groups -OCH3 is 1. The van der Waals surface area contributed by atoms with E-state index in [1.165, 1.54) is 0 Å². The van der Waals surface area contributed by atoms with Crippen molar-refractivity contribution in [1.82, 2.24) is 4.90 Å². The summed E-state index contributed by atoms with van der Waals surface area (Å²) >= 11 is 3.48. The van der Waals surface area contributed by atoms with Gasteiger partial charge in [0.1, 0.15) is 0 Å². The van der Waals surface area contributed by atoms with Gasteiger partial charge >= 0.3 is 0 Å². The Labute approximate surface area is 123 Å². The van der Waals surface area contributed by atoms with Gasteiger partial charge in [0, 0.05) is 31.3 Å². The number of aryl methyl sites for hydroxylation is 1. The summed E-state index contributed by atoms with van der Waals surface area (Å²) in [5, 5.41) is 0. The SMILES string of the molecule is COCC1CCN(C(=O)c2ccc(C)cc2Br)CC1. The first kappa shape index (κ1) is 14.5. The Hall–Kier alpha value is -0.870. The lowest BCUT2D eigenvalue weighted by Crippen LogP contribution is -2.39. The lowest BCUT2D eigenvalue weighted by molar-refractivity contribution is 0.0613. The van der Waals surface area contributed by atoms with Gasteiger partial charge in [-0.15, -0.1) is 0 Å². The maximum absolute atomic E-state index is 12.5. The third-order valence-corrected chi connectivity index (χ3v) is 4.32. The fourth-order valence-corrected chi connectivity index (χ4v) is 3.17. The number of benzene rings is 1. The van der Waals surface area contributed by atoms with E-state index in [1.54, 1.807) is 7.11 Å². The third kappa shape index (κ3) is 3.57. The lowest BCUT2D eigenvalue weighted by Gasteiger charge is -2.32. The van der Waals surface area contributed by atoms with Gasteiger partial charge in [-0.25, -0.2) is 0 Å². The quantitative estimate of drug-likeness (QED) is 0.853. The first-order valence-corrected chi connectivity index (χ1v) is 7.45. The summed E-state index contributed by atoms with van der Waals surface area (Å²) in [6, 6.07) is 5.88. The smallest absolute Gasteiger partial charge is 0.254 e. The highest BCUT2D eigenvalue weighted by Gasteiger charge is 2.24. The van der Waals surface area contributed by atoms with Gasteiger partial charge in [-0.2, -0.15) is 0 Å². The molecule has 1 heterocycles. The number of piperidine rings is 1. The fraction of sp³-hybridized carbons (Fsp3) is 0.533. The van der Waals surface area contributed by atoms with Crippen LogP contribution < -0.4 is 0 Å². The van der Waals surface area contributed by atoms with Crippen molar-refractivity contribution in [2.75, 3.05) is 26.8 Å². The zero-order chi connectivity index (χ0) is 13.8. The Balaban J connectivity index is 2.01. The van der Waals surface area contributed by atoms with E-state index >= 15 is 0 Å². The highest BCUT2D eigenvalue weighted by molar-refractivity contribution is 9.10. The van der Waals surface area contributed by atoms with Gasteiger partial charge in [0.15, 0.2) is 0 Å². The molecule has 0 aliphatic carbocycles. The van der Waals surface area contributed by atoms with Crippen LogP contribution in [0.25, 0.3) is 0 Å². The minimum atomic E-state index is 0.128. The Morgan fingerprint density at radius 3 is 2.68 bits per heavy atom. The zero-order valence-electron chi connectivity index (χ0n) is 11.5. The molecule has 1 aromatic carbocycles. The van der Waals surface area contributed by atoms with E-state index in [0.29, 0.717) is 5.92 Å². The Kier molecular flexibility index (Phi) is 4.99. The van der Waals surface area contributed by atoms with Crippen LogP contribution in [0.1, 0.15) is 28.8 Å². The van der Waals surface area contributed by atoms with Crippen LogP contribution in [-0.4, -0.2) is 37.6 Å². The van der Waals surface area contributed by atoms with Crippen molar-refractivity contribution in [2.24, 2.45) is 5.92 Å². The molecule has 104 valence electrons. The Bertz CT molecular complexity index is 453. The first-order chi connectivity index (χ1) is 9.11. The number of amides is 1. The van der Waals surface area contributed by atoms with E-state index in [1.807, 2.05) is 30.0 Å². The largest absolute Gasteiger partial charge is 0.384 e. The lowest BCUT2D eigenvalue weighted by atomic mass is 9.97. The molecule has 1 saturated heterocycles. The van der Waals surface area contributed by atoms with Crippen molar-refractivity contribution in [3.05, 3.63) is 33.8 Å². The minimum Gasteiger partial charge on any atom is -0.384 e. The van der Waals surface area contributed by atoms with E-state index in [2.05, 4.69) is 15.9 Å². The summed E-state index contributed by atoms with van der Waals surface area (Å²) < 4.78 is 6.07. The Morgan fingerprint density at radius 2 is 2.11 bits per heavy atom. The molecule has 4 heteroatoms. The van der Waals surface area contributed by atoms with Crippen molar-refractivity contribution in [1.29, 1.82) is 0 Å². The standard InChI is InChI=1S/C15H20BrNO2/c1-11-3-4-13(14(16)9-11)15(18)17-7-5-12(6-8-17)10-19-2/h3-4,9,12H,5-8,10H2,1-2H3. The summed E-state index contributed by atoms with van der Waals surface area (Å²) in [5.41, 5.74) is 1.91. The third-order valence-electron chi connectivity index (χ3n) is 3.66. The van der Waals surface area contributed by atoms with Gasteiger partial charge in [0.2, 0.25) is 0 Å². The van der Waals surface area contributed by atoms with E-state index in [4.69, 9.17) is 4.74 Å². The summed E-state index contributed by atoms with van der Waals surface area (Å²) in [6.45, 7) is 4.48. The highest BCUT2D eigenvalue weighted by Crippen LogP contribution is 2.23. The van der Waals surface area contributed by atoms with Crippen LogP contribution in [0.4, 0.5) is 0 Å². The minimum absolute atomic E-state index is 0.128.